The van der Waals surface area contributed by atoms with Crippen LogP contribution in [-0.2, 0) is 0 Å². The monoisotopic (exact) mass is 368 g/mol. The van der Waals surface area contributed by atoms with Crippen LogP contribution in [0, 0.1) is 0 Å². The van der Waals surface area contributed by atoms with Crippen LogP contribution in [0.4, 0.5) is 5.13 Å². The summed E-state index contributed by atoms with van der Waals surface area (Å²) in [6, 6.07) is 3.44. The molecule has 3 heterocycles. The molecule has 0 radical (unpaired) electrons. The number of pyridine rings is 1. The summed E-state index contributed by atoms with van der Waals surface area (Å²) in [6.45, 7) is 2.05. The molecule has 0 spiro atoms. The van der Waals surface area contributed by atoms with Crippen LogP contribution >= 0.6 is 34.9 Å². The smallest absolute Gasteiger partial charge is 0.259 e. The van der Waals surface area contributed by atoms with E-state index in [9.17, 15) is 4.79 Å². The first-order valence-corrected chi connectivity index (χ1v) is 10.2. The zero-order valence-corrected chi connectivity index (χ0v) is 15.0. The van der Waals surface area contributed by atoms with Crippen molar-refractivity contribution in [2.75, 3.05) is 22.6 Å². The van der Waals surface area contributed by atoms with E-state index in [1.807, 2.05) is 18.7 Å². The van der Waals surface area contributed by atoms with Crippen molar-refractivity contribution in [2.24, 2.45) is 0 Å². The highest BCUT2D eigenvalue weighted by molar-refractivity contribution is 8.01. The van der Waals surface area contributed by atoms with E-state index >= 15 is 0 Å². The van der Waals surface area contributed by atoms with Crippen LogP contribution in [0.1, 0.15) is 23.7 Å². The van der Waals surface area contributed by atoms with Gasteiger partial charge >= 0.3 is 0 Å². The lowest BCUT2D eigenvalue weighted by molar-refractivity contribution is 0.102. The molecule has 122 valence electrons. The standard InChI is InChI=1S/C14H16N4O2S3/c1-2-22-14-18-17-13(23-14)16-12(19)9-3-4-11(15-7-9)20-10-5-6-21-8-10/h3-4,7,10H,2,5-6,8H2,1H3,(H,16,17,19). The summed E-state index contributed by atoms with van der Waals surface area (Å²) in [4.78, 5) is 16.4. The number of amides is 1. The van der Waals surface area contributed by atoms with E-state index < -0.39 is 0 Å². The van der Waals surface area contributed by atoms with Gasteiger partial charge in [-0.15, -0.1) is 10.2 Å². The quantitative estimate of drug-likeness (QED) is 0.620. The minimum atomic E-state index is -0.246. The lowest BCUT2D eigenvalue weighted by Gasteiger charge is -2.11. The number of thioether (sulfide) groups is 2. The average Bonchev–Trinajstić information content (AvgIpc) is 3.21. The molecule has 6 nitrogen and oxygen atoms in total. The van der Waals surface area contributed by atoms with Crippen molar-refractivity contribution < 1.29 is 9.53 Å². The maximum Gasteiger partial charge on any atom is 0.259 e. The van der Waals surface area contributed by atoms with Gasteiger partial charge in [0.1, 0.15) is 6.10 Å². The molecule has 1 saturated heterocycles. The van der Waals surface area contributed by atoms with Crippen LogP contribution < -0.4 is 10.1 Å². The third-order valence-corrected chi connectivity index (χ3v) is 6.05. The third-order valence-electron chi connectivity index (χ3n) is 3.07. The van der Waals surface area contributed by atoms with Crippen molar-refractivity contribution in [3.63, 3.8) is 0 Å². The normalized spacial score (nSPS) is 17.2. The Hall–Kier alpha value is -1.32. The zero-order chi connectivity index (χ0) is 16.1. The molecular formula is C14H16N4O2S3. The van der Waals surface area contributed by atoms with Gasteiger partial charge in [-0.25, -0.2) is 4.98 Å². The van der Waals surface area contributed by atoms with E-state index in [-0.39, 0.29) is 12.0 Å². The van der Waals surface area contributed by atoms with Crippen molar-refractivity contribution in [3.8, 4) is 5.88 Å². The highest BCUT2D eigenvalue weighted by Crippen LogP contribution is 2.25. The Bertz CT molecular complexity index is 656. The molecule has 2 aromatic heterocycles. The molecule has 0 aliphatic carbocycles. The van der Waals surface area contributed by atoms with Crippen molar-refractivity contribution in [3.05, 3.63) is 23.9 Å². The summed E-state index contributed by atoms with van der Waals surface area (Å²) >= 11 is 4.85. The van der Waals surface area contributed by atoms with Crippen molar-refractivity contribution in [1.82, 2.24) is 15.2 Å². The van der Waals surface area contributed by atoms with Gasteiger partial charge in [-0.3, -0.25) is 10.1 Å². The number of carbonyl (C=O) groups is 1. The molecule has 3 rings (SSSR count). The largest absolute Gasteiger partial charge is 0.473 e. The predicted octanol–water partition coefficient (Wildman–Crippen LogP) is 3.18. The second kappa shape index (κ2) is 7.98. The zero-order valence-electron chi connectivity index (χ0n) is 12.5. The molecular weight excluding hydrogens is 352 g/mol. The van der Waals surface area contributed by atoms with Gasteiger partial charge in [-0.05, 0) is 24.0 Å². The summed E-state index contributed by atoms with van der Waals surface area (Å²) in [6.07, 6.45) is 2.79. The first-order chi connectivity index (χ1) is 11.2. The summed E-state index contributed by atoms with van der Waals surface area (Å²) in [5.41, 5.74) is 0.470. The van der Waals surface area contributed by atoms with Gasteiger partial charge in [0.25, 0.3) is 5.91 Å². The van der Waals surface area contributed by atoms with E-state index in [1.165, 1.54) is 17.5 Å². The molecule has 9 heteroatoms. The maximum absolute atomic E-state index is 12.2. The Balaban J connectivity index is 1.58. The first-order valence-electron chi connectivity index (χ1n) is 7.22. The molecule has 0 saturated carbocycles. The molecule has 23 heavy (non-hydrogen) atoms. The molecule has 1 aliphatic heterocycles. The Labute approximate surface area is 146 Å². The summed E-state index contributed by atoms with van der Waals surface area (Å²) in [5, 5.41) is 11.2. The van der Waals surface area contributed by atoms with Gasteiger partial charge in [0, 0.05) is 18.0 Å². The van der Waals surface area contributed by atoms with Crippen molar-refractivity contribution in [1.29, 1.82) is 0 Å². The second-order valence-electron chi connectivity index (χ2n) is 4.75. The molecule has 1 amide bonds. The Kier molecular flexibility index (Phi) is 5.74. The number of nitrogens with zero attached hydrogens (tertiary/aromatic N) is 3. The van der Waals surface area contributed by atoms with Crippen LogP contribution in [0.3, 0.4) is 0 Å². The number of rotatable bonds is 6. The molecule has 1 aliphatic rings. The van der Waals surface area contributed by atoms with Crippen LogP contribution in [0.5, 0.6) is 5.88 Å². The number of aromatic nitrogens is 3. The van der Waals surface area contributed by atoms with Crippen LogP contribution in [0.25, 0.3) is 0 Å². The fourth-order valence-corrected chi connectivity index (χ4v) is 4.71. The third kappa shape index (κ3) is 4.58. The Morgan fingerprint density at radius 2 is 2.39 bits per heavy atom. The van der Waals surface area contributed by atoms with Crippen LogP contribution in [-0.4, -0.2) is 44.5 Å². The number of nitrogens with one attached hydrogen (secondary N) is 1. The minimum absolute atomic E-state index is 0.225. The molecule has 1 N–H and O–H groups in total. The van der Waals surface area contributed by atoms with Crippen LogP contribution in [0.2, 0.25) is 0 Å². The molecule has 1 fully saturated rings. The number of carbonyl (C=O) groups excluding carboxylic acids is 1. The van der Waals surface area contributed by atoms with E-state index in [2.05, 4.69) is 20.5 Å². The number of hydrogen-bond donors (Lipinski definition) is 1. The molecule has 1 unspecified atom stereocenters. The van der Waals surface area contributed by atoms with Gasteiger partial charge in [0.15, 0.2) is 4.34 Å². The molecule has 2 aromatic rings. The molecule has 1 atom stereocenters. The van der Waals surface area contributed by atoms with Gasteiger partial charge in [0.2, 0.25) is 11.0 Å². The van der Waals surface area contributed by atoms with Gasteiger partial charge in [0.05, 0.1) is 5.56 Å². The fourth-order valence-electron chi connectivity index (χ4n) is 1.97. The van der Waals surface area contributed by atoms with E-state index in [1.54, 1.807) is 23.9 Å². The second-order valence-corrected chi connectivity index (χ2v) is 8.39. The topological polar surface area (TPSA) is 77.0 Å². The Morgan fingerprint density at radius 3 is 3.09 bits per heavy atom. The van der Waals surface area contributed by atoms with Gasteiger partial charge in [-0.2, -0.15) is 11.8 Å². The van der Waals surface area contributed by atoms with Crippen molar-refractivity contribution >= 4 is 45.9 Å². The summed E-state index contributed by atoms with van der Waals surface area (Å²) in [5.74, 6) is 3.37. The van der Waals surface area contributed by atoms with E-state index in [0.717, 1.165) is 28.0 Å². The number of ether oxygens (including phenoxy) is 1. The lowest BCUT2D eigenvalue weighted by atomic mass is 10.2. The maximum atomic E-state index is 12.2. The highest BCUT2D eigenvalue weighted by Gasteiger charge is 2.18. The Morgan fingerprint density at radius 1 is 1.48 bits per heavy atom. The van der Waals surface area contributed by atoms with Gasteiger partial charge in [-0.1, -0.05) is 30.0 Å². The number of anilines is 1. The highest BCUT2D eigenvalue weighted by atomic mass is 32.2. The predicted molar refractivity (Wildman–Crippen MR) is 94.9 cm³/mol. The molecule has 0 aromatic carbocycles. The summed E-state index contributed by atoms with van der Waals surface area (Å²) < 4.78 is 6.62. The van der Waals surface area contributed by atoms with E-state index in [0.29, 0.717) is 16.6 Å². The lowest BCUT2D eigenvalue weighted by Crippen LogP contribution is -2.16. The fraction of sp³-hybridized carbons (Fsp3) is 0.429. The first kappa shape index (κ1) is 16.5. The molecule has 0 bridgehead atoms. The SMILES string of the molecule is CCSc1nnc(NC(=O)c2ccc(OC3CCSC3)nc2)s1. The summed E-state index contributed by atoms with van der Waals surface area (Å²) in [7, 11) is 0. The van der Waals surface area contributed by atoms with Crippen molar-refractivity contribution in [2.45, 2.75) is 23.8 Å². The average molecular weight is 369 g/mol. The minimum Gasteiger partial charge on any atom is -0.473 e. The van der Waals surface area contributed by atoms with Gasteiger partial charge < -0.3 is 4.74 Å². The number of hydrogen-bond acceptors (Lipinski definition) is 8. The van der Waals surface area contributed by atoms with E-state index in [4.69, 9.17) is 4.74 Å². The van der Waals surface area contributed by atoms with Crippen LogP contribution in [0.15, 0.2) is 22.7 Å².